The van der Waals surface area contributed by atoms with Crippen molar-refractivity contribution in [3.63, 3.8) is 0 Å². The van der Waals surface area contributed by atoms with Crippen molar-refractivity contribution in [1.29, 1.82) is 0 Å². The van der Waals surface area contributed by atoms with Crippen LogP contribution in [0.4, 0.5) is 11.4 Å². The zero-order chi connectivity index (χ0) is 19.0. The first-order valence-electron chi connectivity index (χ1n) is 8.95. The Morgan fingerprint density at radius 3 is 2.32 bits per heavy atom. The van der Waals surface area contributed by atoms with E-state index in [0.29, 0.717) is 5.92 Å². The summed E-state index contributed by atoms with van der Waals surface area (Å²) in [5.41, 5.74) is 12.3. The standard InChI is InChI=1S/C17H30N4.C2H4O2/c1-14(17(2,3)19)13-20-9-4-10-21(12-11-20)16-7-5-15(18)6-8-16;1-2(3)4/h5-8,14H,4,9-13,18-19H2,1-3H3;1H3,(H,3,4). The zero-order valence-electron chi connectivity index (χ0n) is 16.1. The third-order valence-corrected chi connectivity index (χ3v) is 4.71. The fourth-order valence-corrected chi connectivity index (χ4v) is 2.73. The number of nitrogens with two attached hydrogens (primary N) is 1. The van der Waals surface area contributed by atoms with Gasteiger partial charge in [0, 0.05) is 49.4 Å². The Kier molecular flexibility index (Phi) is 8.19. The van der Waals surface area contributed by atoms with E-state index in [-0.39, 0.29) is 5.54 Å². The summed E-state index contributed by atoms with van der Waals surface area (Å²) >= 11 is 0. The molecule has 0 aromatic heterocycles. The van der Waals surface area contributed by atoms with Gasteiger partial charge in [0.05, 0.1) is 5.54 Å². The lowest BCUT2D eigenvalue weighted by molar-refractivity contribution is -0.479. The van der Waals surface area contributed by atoms with E-state index in [1.165, 1.54) is 18.7 Å². The van der Waals surface area contributed by atoms with Gasteiger partial charge in [0.25, 0.3) is 0 Å². The van der Waals surface area contributed by atoms with Crippen LogP contribution in [0.15, 0.2) is 24.3 Å². The molecule has 0 spiro atoms. The Morgan fingerprint density at radius 1 is 1.24 bits per heavy atom. The van der Waals surface area contributed by atoms with Crippen molar-refractivity contribution < 1.29 is 15.6 Å². The van der Waals surface area contributed by atoms with Crippen LogP contribution in [0.25, 0.3) is 0 Å². The van der Waals surface area contributed by atoms with E-state index in [0.717, 1.165) is 38.8 Å². The maximum Gasteiger partial charge on any atom is 0.0927 e. The van der Waals surface area contributed by atoms with Crippen LogP contribution in [0.1, 0.15) is 34.1 Å². The molecule has 6 nitrogen and oxygen atoms in total. The summed E-state index contributed by atoms with van der Waals surface area (Å²) in [7, 11) is 0. The number of nitrogen functional groups attached to an aromatic ring is 1. The van der Waals surface area contributed by atoms with E-state index >= 15 is 0 Å². The van der Waals surface area contributed by atoms with Crippen LogP contribution in [0.3, 0.4) is 0 Å². The lowest BCUT2D eigenvalue weighted by Gasteiger charge is -2.30. The molecule has 142 valence electrons. The number of carboxylic acids is 1. The van der Waals surface area contributed by atoms with Gasteiger partial charge in [-0.05, 0) is 58.0 Å². The lowest BCUT2D eigenvalue weighted by atomic mass is 9.90. The topological polar surface area (TPSA) is 100 Å². The number of nitrogens with zero attached hydrogens (tertiary/aromatic N) is 2. The van der Waals surface area contributed by atoms with Crippen LogP contribution < -0.4 is 21.5 Å². The van der Waals surface area contributed by atoms with Crippen molar-refractivity contribution in [1.82, 2.24) is 4.90 Å². The molecule has 0 saturated carbocycles. The average Bonchev–Trinajstić information content (AvgIpc) is 2.72. The highest BCUT2D eigenvalue weighted by Gasteiger charge is 2.27. The largest absolute Gasteiger partial charge is 0.550 e. The molecule has 1 atom stereocenters. The summed E-state index contributed by atoms with van der Waals surface area (Å²) in [6.07, 6.45) is 1.22. The molecule has 1 unspecified atom stereocenters. The van der Waals surface area contributed by atoms with Crippen molar-refractivity contribution in [2.24, 2.45) is 5.92 Å². The van der Waals surface area contributed by atoms with E-state index in [1.54, 1.807) is 0 Å². The van der Waals surface area contributed by atoms with Crippen LogP contribution in [0.5, 0.6) is 0 Å². The summed E-state index contributed by atoms with van der Waals surface area (Å²) < 4.78 is 0. The maximum absolute atomic E-state index is 8.89. The first-order valence-corrected chi connectivity index (χ1v) is 8.95. The second-order valence-corrected chi connectivity index (χ2v) is 7.61. The highest BCUT2D eigenvalue weighted by atomic mass is 16.4. The van der Waals surface area contributed by atoms with Gasteiger partial charge in [-0.25, -0.2) is 0 Å². The van der Waals surface area contributed by atoms with Crippen molar-refractivity contribution in [3.05, 3.63) is 24.3 Å². The number of benzene rings is 1. The smallest absolute Gasteiger partial charge is 0.0927 e. The van der Waals surface area contributed by atoms with Crippen molar-refractivity contribution in [3.8, 4) is 0 Å². The van der Waals surface area contributed by atoms with Gasteiger partial charge in [-0.2, -0.15) is 0 Å². The minimum absolute atomic E-state index is 0.142. The molecule has 1 aromatic carbocycles. The van der Waals surface area contributed by atoms with Crippen LogP contribution in [-0.4, -0.2) is 49.1 Å². The molecule has 1 aromatic rings. The molecule has 0 amide bonds. The number of carboxylic acid groups (broad SMARTS) is 1. The van der Waals surface area contributed by atoms with E-state index in [1.807, 2.05) is 12.1 Å². The van der Waals surface area contributed by atoms with Crippen molar-refractivity contribution in [2.75, 3.05) is 43.4 Å². The molecule has 2 rings (SSSR count). The Balaban J connectivity index is 0.000000705. The van der Waals surface area contributed by atoms with Gasteiger partial charge in [-0.1, -0.05) is 6.92 Å². The SMILES string of the molecule is CC(=O)[O-].CC(CN1CCCN(c2ccc(N)cc2)CC1)C(C)(C)[NH3+]. The van der Waals surface area contributed by atoms with Gasteiger partial charge in [-0.3, -0.25) is 0 Å². The van der Waals surface area contributed by atoms with Gasteiger partial charge >= 0.3 is 0 Å². The molecule has 1 aliphatic heterocycles. The highest BCUT2D eigenvalue weighted by molar-refractivity contribution is 5.60. The van der Waals surface area contributed by atoms with Crippen LogP contribution in [0.2, 0.25) is 0 Å². The van der Waals surface area contributed by atoms with Crippen LogP contribution in [0, 0.1) is 5.92 Å². The Bertz CT molecular complexity index is 521. The lowest BCUT2D eigenvalue weighted by Crippen LogP contribution is -2.73. The third kappa shape index (κ3) is 8.23. The summed E-state index contributed by atoms with van der Waals surface area (Å²) in [6, 6.07) is 8.25. The van der Waals surface area contributed by atoms with Gasteiger partial charge in [0.2, 0.25) is 0 Å². The first-order chi connectivity index (χ1) is 11.6. The van der Waals surface area contributed by atoms with Gasteiger partial charge in [0.15, 0.2) is 0 Å². The van der Waals surface area contributed by atoms with E-state index in [9.17, 15) is 0 Å². The molecule has 0 aliphatic carbocycles. The number of hydrogen-bond donors (Lipinski definition) is 2. The van der Waals surface area contributed by atoms with Crippen LogP contribution >= 0.6 is 0 Å². The molecular formula is C19H34N4O2. The molecule has 1 fully saturated rings. The average molecular weight is 351 g/mol. The van der Waals surface area contributed by atoms with Crippen molar-refractivity contribution in [2.45, 2.75) is 39.7 Å². The molecule has 0 bridgehead atoms. The quantitative estimate of drug-likeness (QED) is 0.755. The maximum atomic E-state index is 8.89. The second kappa shape index (κ2) is 9.63. The number of rotatable bonds is 4. The third-order valence-electron chi connectivity index (χ3n) is 4.71. The fraction of sp³-hybridized carbons (Fsp3) is 0.632. The summed E-state index contributed by atoms with van der Waals surface area (Å²) in [5, 5.41) is 8.89. The predicted octanol–water partition coefficient (Wildman–Crippen LogP) is 0.194. The number of aliphatic carboxylic acids is 1. The molecule has 1 heterocycles. The predicted molar refractivity (Wildman–Crippen MR) is 101 cm³/mol. The van der Waals surface area contributed by atoms with Gasteiger partial charge in [0.1, 0.15) is 0 Å². The fourth-order valence-electron chi connectivity index (χ4n) is 2.73. The van der Waals surface area contributed by atoms with E-state index < -0.39 is 5.97 Å². The first kappa shape index (κ1) is 21.3. The minimum Gasteiger partial charge on any atom is -0.550 e. The van der Waals surface area contributed by atoms with Gasteiger partial charge < -0.3 is 31.2 Å². The molecule has 5 N–H and O–H groups in total. The van der Waals surface area contributed by atoms with Crippen molar-refractivity contribution >= 4 is 17.3 Å². The van der Waals surface area contributed by atoms with Gasteiger partial charge in [-0.15, -0.1) is 0 Å². The molecule has 0 radical (unpaired) electrons. The number of carbonyl (C=O) groups excluding carboxylic acids is 1. The number of hydrogen-bond acceptors (Lipinski definition) is 5. The summed E-state index contributed by atoms with van der Waals surface area (Å²) in [4.78, 5) is 14.0. The number of anilines is 2. The highest BCUT2D eigenvalue weighted by Crippen LogP contribution is 2.19. The summed E-state index contributed by atoms with van der Waals surface area (Å²) in [6.45, 7) is 13.4. The van der Waals surface area contributed by atoms with E-state index in [4.69, 9.17) is 15.6 Å². The Morgan fingerprint density at radius 2 is 1.80 bits per heavy atom. The van der Waals surface area contributed by atoms with E-state index in [2.05, 4.69) is 48.4 Å². The molecular weight excluding hydrogens is 316 g/mol. The normalized spacial score (nSPS) is 17.2. The molecule has 1 saturated heterocycles. The number of carbonyl (C=O) groups is 1. The molecule has 25 heavy (non-hydrogen) atoms. The summed E-state index contributed by atoms with van der Waals surface area (Å²) in [5.74, 6) is -0.472. The Labute approximate surface area is 151 Å². The zero-order valence-corrected chi connectivity index (χ0v) is 16.1. The number of quaternary nitrogens is 1. The van der Waals surface area contributed by atoms with Crippen LogP contribution in [-0.2, 0) is 4.79 Å². The molecule has 1 aliphatic rings. The Hall–Kier alpha value is -1.79. The molecule has 6 heteroatoms. The monoisotopic (exact) mass is 350 g/mol. The second-order valence-electron chi connectivity index (χ2n) is 7.61. The minimum atomic E-state index is -1.08.